The van der Waals surface area contributed by atoms with E-state index in [-0.39, 0.29) is 18.6 Å². The van der Waals surface area contributed by atoms with Gasteiger partial charge in [0.1, 0.15) is 0 Å². The number of rotatable bonds is 5. The molecule has 1 aliphatic rings. The van der Waals surface area contributed by atoms with E-state index in [0.29, 0.717) is 6.42 Å². The molecule has 1 heterocycles. The van der Waals surface area contributed by atoms with Gasteiger partial charge in [0.2, 0.25) is 0 Å². The van der Waals surface area contributed by atoms with Crippen LogP contribution >= 0.6 is 11.8 Å². The van der Waals surface area contributed by atoms with Gasteiger partial charge in [0.05, 0.1) is 5.92 Å². The molecule has 0 aromatic heterocycles. The summed E-state index contributed by atoms with van der Waals surface area (Å²) in [6.07, 6.45) is 1.41. The summed E-state index contributed by atoms with van der Waals surface area (Å²) in [5.41, 5.74) is 0. The molecule has 0 saturated carbocycles. The normalized spacial score (nSPS) is 21.4. The van der Waals surface area contributed by atoms with Crippen LogP contribution in [0.3, 0.4) is 0 Å². The van der Waals surface area contributed by atoms with Gasteiger partial charge >= 0.3 is 12.0 Å². The van der Waals surface area contributed by atoms with Gasteiger partial charge in [0.25, 0.3) is 0 Å². The molecule has 0 bridgehead atoms. The maximum Gasteiger partial charge on any atom is 0.317 e. The van der Waals surface area contributed by atoms with Crippen LogP contribution in [0.5, 0.6) is 0 Å². The van der Waals surface area contributed by atoms with Gasteiger partial charge in [0, 0.05) is 30.6 Å². The van der Waals surface area contributed by atoms with E-state index in [4.69, 9.17) is 5.11 Å². The number of urea groups is 1. The Morgan fingerprint density at radius 1 is 1.56 bits per heavy atom. The van der Waals surface area contributed by atoms with Gasteiger partial charge in [-0.25, -0.2) is 4.79 Å². The molecule has 2 unspecified atom stereocenters. The van der Waals surface area contributed by atoms with Gasteiger partial charge in [0.15, 0.2) is 0 Å². The molecule has 18 heavy (non-hydrogen) atoms. The molecule has 104 valence electrons. The van der Waals surface area contributed by atoms with Gasteiger partial charge in [-0.05, 0) is 13.3 Å². The number of nitrogens with one attached hydrogen (secondary N) is 1. The Balaban J connectivity index is 2.41. The lowest BCUT2D eigenvalue weighted by Crippen LogP contribution is -2.50. The molecule has 0 aliphatic carbocycles. The minimum Gasteiger partial charge on any atom is -0.481 e. The Morgan fingerprint density at radius 3 is 2.83 bits per heavy atom. The van der Waals surface area contributed by atoms with E-state index >= 15 is 0 Å². The summed E-state index contributed by atoms with van der Waals surface area (Å²) in [7, 11) is 0. The van der Waals surface area contributed by atoms with E-state index in [0.717, 1.165) is 24.5 Å². The zero-order valence-corrected chi connectivity index (χ0v) is 11.8. The van der Waals surface area contributed by atoms with Crippen molar-refractivity contribution < 1.29 is 14.7 Å². The van der Waals surface area contributed by atoms with Gasteiger partial charge in [-0.2, -0.15) is 11.8 Å². The predicted octanol–water partition coefficient (Wildman–Crippen LogP) is 1.63. The van der Waals surface area contributed by atoms with Crippen LogP contribution in [0.2, 0.25) is 0 Å². The zero-order valence-electron chi connectivity index (χ0n) is 11.0. The first-order chi connectivity index (χ1) is 8.56. The van der Waals surface area contributed by atoms with E-state index in [1.165, 1.54) is 0 Å². The Labute approximate surface area is 112 Å². The summed E-state index contributed by atoms with van der Waals surface area (Å²) in [4.78, 5) is 24.7. The van der Waals surface area contributed by atoms with E-state index in [1.807, 2.05) is 25.6 Å². The maximum absolute atomic E-state index is 12.0. The number of carboxylic acid groups (broad SMARTS) is 1. The highest BCUT2D eigenvalue weighted by molar-refractivity contribution is 7.99. The summed E-state index contributed by atoms with van der Waals surface area (Å²) in [5.74, 6) is 0.590. The Kier molecular flexibility index (Phi) is 6.32. The Morgan fingerprint density at radius 2 is 2.28 bits per heavy atom. The lowest BCUT2D eigenvalue weighted by molar-refractivity contribution is -0.141. The molecule has 0 radical (unpaired) electrons. The van der Waals surface area contributed by atoms with Gasteiger partial charge in [-0.15, -0.1) is 0 Å². The van der Waals surface area contributed by atoms with E-state index in [9.17, 15) is 9.59 Å². The minimum absolute atomic E-state index is 0.134. The average Bonchev–Trinajstić information content (AvgIpc) is 2.34. The first-order valence-electron chi connectivity index (χ1n) is 6.41. The smallest absolute Gasteiger partial charge is 0.317 e. The molecule has 1 aliphatic heterocycles. The molecular weight excluding hydrogens is 252 g/mol. The summed E-state index contributed by atoms with van der Waals surface area (Å²) >= 11 is 1.85. The highest BCUT2D eigenvalue weighted by atomic mass is 32.2. The highest BCUT2D eigenvalue weighted by Gasteiger charge is 2.24. The lowest BCUT2D eigenvalue weighted by atomic mass is 10.0. The summed E-state index contributed by atoms with van der Waals surface area (Å²) in [6.45, 7) is 4.93. The summed E-state index contributed by atoms with van der Waals surface area (Å²) in [6, 6.07) is 0.0864. The third-order valence-corrected chi connectivity index (χ3v) is 4.30. The number of carbonyl (C=O) groups excluding carboxylic acids is 1. The fraction of sp³-hybridized carbons (Fsp3) is 0.833. The number of nitrogens with zero attached hydrogens (tertiary/aromatic N) is 1. The van der Waals surface area contributed by atoms with Gasteiger partial charge < -0.3 is 15.3 Å². The monoisotopic (exact) mass is 274 g/mol. The van der Waals surface area contributed by atoms with Crippen molar-refractivity contribution >= 4 is 23.8 Å². The first kappa shape index (κ1) is 15.1. The molecular formula is C12H22N2O3S. The van der Waals surface area contributed by atoms with Crippen molar-refractivity contribution in [3.8, 4) is 0 Å². The molecule has 5 nitrogen and oxygen atoms in total. The fourth-order valence-electron chi connectivity index (χ4n) is 2.00. The topological polar surface area (TPSA) is 69.6 Å². The van der Waals surface area contributed by atoms with Crippen molar-refractivity contribution in [1.29, 1.82) is 0 Å². The second kappa shape index (κ2) is 7.51. The third kappa shape index (κ3) is 4.40. The van der Waals surface area contributed by atoms with Gasteiger partial charge in [-0.1, -0.05) is 13.3 Å². The fourth-order valence-corrected chi connectivity index (χ4v) is 3.02. The van der Waals surface area contributed by atoms with Crippen molar-refractivity contribution in [2.75, 3.05) is 24.6 Å². The molecule has 2 atom stereocenters. The molecule has 6 heteroatoms. The number of carbonyl (C=O) groups is 2. The van der Waals surface area contributed by atoms with Crippen LogP contribution < -0.4 is 5.32 Å². The number of hydrogen-bond acceptors (Lipinski definition) is 3. The van der Waals surface area contributed by atoms with Gasteiger partial charge in [-0.3, -0.25) is 4.79 Å². The zero-order chi connectivity index (χ0) is 13.5. The van der Waals surface area contributed by atoms with Crippen LogP contribution in [0, 0.1) is 5.92 Å². The van der Waals surface area contributed by atoms with Crippen LogP contribution in [0.4, 0.5) is 4.79 Å². The van der Waals surface area contributed by atoms with Crippen LogP contribution in [0.25, 0.3) is 0 Å². The van der Waals surface area contributed by atoms with Crippen molar-refractivity contribution in [2.45, 2.75) is 32.7 Å². The number of thioether (sulfide) groups is 1. The SMILES string of the molecule is CCCC(CNC(=O)N1CCSCC1C)C(=O)O. The van der Waals surface area contributed by atoms with E-state index in [2.05, 4.69) is 5.32 Å². The lowest BCUT2D eigenvalue weighted by Gasteiger charge is -2.33. The first-order valence-corrected chi connectivity index (χ1v) is 7.56. The van der Waals surface area contributed by atoms with Crippen LogP contribution in [0.1, 0.15) is 26.7 Å². The third-order valence-electron chi connectivity index (χ3n) is 3.11. The Bertz CT molecular complexity index is 299. The second-order valence-corrected chi connectivity index (χ2v) is 5.78. The molecule has 1 rings (SSSR count). The minimum atomic E-state index is -0.834. The number of amides is 2. The molecule has 1 saturated heterocycles. The standard InChI is InChI=1S/C12H22N2O3S/c1-3-4-10(11(15)16)7-13-12(17)14-5-6-18-8-9(14)2/h9-10H,3-8H2,1-2H3,(H,13,17)(H,15,16). The number of aliphatic carboxylic acids is 1. The molecule has 0 spiro atoms. The van der Waals surface area contributed by atoms with Crippen LogP contribution in [-0.4, -0.2) is 52.6 Å². The van der Waals surface area contributed by atoms with E-state index < -0.39 is 11.9 Å². The maximum atomic E-state index is 12.0. The van der Waals surface area contributed by atoms with E-state index in [1.54, 1.807) is 4.90 Å². The van der Waals surface area contributed by atoms with Crippen molar-refractivity contribution in [3.63, 3.8) is 0 Å². The van der Waals surface area contributed by atoms with Crippen LogP contribution in [-0.2, 0) is 4.79 Å². The number of hydrogen-bond donors (Lipinski definition) is 2. The Hall–Kier alpha value is -0.910. The molecule has 2 amide bonds. The van der Waals surface area contributed by atoms with Crippen molar-refractivity contribution in [1.82, 2.24) is 10.2 Å². The second-order valence-electron chi connectivity index (χ2n) is 4.63. The van der Waals surface area contributed by atoms with Crippen molar-refractivity contribution in [2.24, 2.45) is 5.92 Å². The molecule has 2 N–H and O–H groups in total. The molecule has 0 aromatic rings. The highest BCUT2D eigenvalue weighted by Crippen LogP contribution is 2.16. The largest absolute Gasteiger partial charge is 0.481 e. The molecule has 0 aromatic carbocycles. The summed E-state index contributed by atoms with van der Waals surface area (Å²) < 4.78 is 0. The summed E-state index contributed by atoms with van der Waals surface area (Å²) in [5, 5.41) is 11.8. The van der Waals surface area contributed by atoms with Crippen LogP contribution in [0.15, 0.2) is 0 Å². The molecule has 1 fully saturated rings. The number of carboxylic acids is 1. The quantitative estimate of drug-likeness (QED) is 0.799. The average molecular weight is 274 g/mol. The predicted molar refractivity (Wildman–Crippen MR) is 72.9 cm³/mol. The van der Waals surface area contributed by atoms with Crippen molar-refractivity contribution in [3.05, 3.63) is 0 Å².